The molecule has 0 aromatic heterocycles. The van der Waals surface area contributed by atoms with Crippen LogP contribution in [0.15, 0.2) is 42.5 Å². The van der Waals surface area contributed by atoms with E-state index < -0.39 is 0 Å². The van der Waals surface area contributed by atoms with Crippen LogP contribution in [0.25, 0.3) is 0 Å². The van der Waals surface area contributed by atoms with Crippen LogP contribution in [-0.2, 0) is 16.1 Å². The first-order valence-corrected chi connectivity index (χ1v) is 8.84. The van der Waals surface area contributed by atoms with Gasteiger partial charge in [-0.3, -0.25) is 9.59 Å². The van der Waals surface area contributed by atoms with Crippen molar-refractivity contribution in [2.24, 2.45) is 0 Å². The maximum Gasteiger partial charge on any atom is 0.223 e. The lowest BCUT2D eigenvalue weighted by Gasteiger charge is -2.24. The molecule has 2 rings (SSSR count). The number of benzene rings is 2. The van der Waals surface area contributed by atoms with Crippen molar-refractivity contribution in [3.8, 4) is 11.5 Å². The third-order valence-corrected chi connectivity index (χ3v) is 4.31. The molecule has 27 heavy (non-hydrogen) atoms. The zero-order valence-electron chi connectivity index (χ0n) is 15.6. The fourth-order valence-electron chi connectivity index (χ4n) is 2.60. The Hall–Kier alpha value is -2.73. The molecule has 0 atom stereocenters. The average Bonchev–Trinajstić information content (AvgIpc) is 2.67. The van der Waals surface area contributed by atoms with Gasteiger partial charge in [-0.25, -0.2) is 0 Å². The zero-order valence-corrected chi connectivity index (χ0v) is 16.4. The second kappa shape index (κ2) is 9.83. The van der Waals surface area contributed by atoms with Crippen LogP contribution in [-0.4, -0.2) is 32.6 Å². The number of carbonyl (C=O) groups is 2. The van der Waals surface area contributed by atoms with Crippen LogP contribution < -0.4 is 19.7 Å². The van der Waals surface area contributed by atoms with Crippen LogP contribution in [0.5, 0.6) is 11.5 Å². The SMILES string of the molecule is COc1cc(N(CCC(=O)NCc2ccccc2)C(C)=O)c(OC)cc1Cl. The highest BCUT2D eigenvalue weighted by atomic mass is 35.5. The highest BCUT2D eigenvalue weighted by molar-refractivity contribution is 6.32. The molecule has 2 aromatic rings. The van der Waals surface area contributed by atoms with Crippen molar-refractivity contribution in [3.63, 3.8) is 0 Å². The van der Waals surface area contributed by atoms with Crippen LogP contribution in [0.3, 0.4) is 0 Å². The monoisotopic (exact) mass is 390 g/mol. The Labute approximate surface area is 164 Å². The Morgan fingerprint density at radius 1 is 1.07 bits per heavy atom. The summed E-state index contributed by atoms with van der Waals surface area (Å²) in [5.41, 5.74) is 1.51. The molecule has 2 amide bonds. The van der Waals surface area contributed by atoms with Crippen molar-refractivity contribution in [3.05, 3.63) is 53.1 Å². The number of carbonyl (C=O) groups excluding carboxylic acids is 2. The molecule has 0 aliphatic rings. The van der Waals surface area contributed by atoms with E-state index in [-0.39, 0.29) is 24.8 Å². The van der Waals surface area contributed by atoms with Crippen molar-refractivity contribution in [2.45, 2.75) is 19.9 Å². The highest BCUT2D eigenvalue weighted by Crippen LogP contribution is 2.38. The fourth-order valence-corrected chi connectivity index (χ4v) is 2.83. The molecule has 6 nitrogen and oxygen atoms in total. The summed E-state index contributed by atoms with van der Waals surface area (Å²) in [5, 5.41) is 3.23. The molecule has 0 saturated carbocycles. The van der Waals surface area contributed by atoms with Gasteiger partial charge in [0.1, 0.15) is 11.5 Å². The maximum atomic E-state index is 12.2. The minimum atomic E-state index is -0.214. The lowest BCUT2D eigenvalue weighted by molar-refractivity contribution is -0.121. The van der Waals surface area contributed by atoms with Gasteiger partial charge in [-0.1, -0.05) is 41.9 Å². The van der Waals surface area contributed by atoms with Gasteiger partial charge >= 0.3 is 0 Å². The molecule has 2 aromatic carbocycles. The summed E-state index contributed by atoms with van der Waals surface area (Å²) in [6, 6.07) is 12.8. The van der Waals surface area contributed by atoms with Crippen LogP contribution in [0, 0.1) is 0 Å². The molecule has 0 fully saturated rings. The summed E-state index contributed by atoms with van der Waals surface area (Å²) in [6.07, 6.45) is 0.153. The van der Waals surface area contributed by atoms with Crippen LogP contribution in [0.1, 0.15) is 18.9 Å². The summed E-state index contributed by atoms with van der Waals surface area (Å²) >= 11 is 6.12. The largest absolute Gasteiger partial charge is 0.495 e. The van der Waals surface area contributed by atoms with E-state index in [2.05, 4.69) is 5.32 Å². The standard InChI is InChI=1S/C20H23ClN2O4/c1-14(24)23(17-12-18(26-2)16(21)11-19(17)27-3)10-9-20(25)22-13-15-7-5-4-6-8-15/h4-8,11-12H,9-10,13H2,1-3H3,(H,22,25). The predicted molar refractivity (Wildman–Crippen MR) is 105 cm³/mol. The quantitative estimate of drug-likeness (QED) is 0.750. The van der Waals surface area contributed by atoms with Crippen molar-refractivity contribution in [2.75, 3.05) is 25.7 Å². The van der Waals surface area contributed by atoms with Gasteiger partial charge in [0.05, 0.1) is 24.9 Å². The van der Waals surface area contributed by atoms with Crippen LogP contribution >= 0.6 is 11.6 Å². The number of halogens is 1. The van der Waals surface area contributed by atoms with Gasteiger partial charge in [-0.2, -0.15) is 0 Å². The van der Waals surface area contributed by atoms with Gasteiger partial charge < -0.3 is 19.7 Å². The smallest absolute Gasteiger partial charge is 0.223 e. The van der Waals surface area contributed by atoms with E-state index in [4.69, 9.17) is 21.1 Å². The van der Waals surface area contributed by atoms with Crippen molar-refractivity contribution in [1.82, 2.24) is 5.32 Å². The third kappa shape index (κ3) is 5.62. The molecule has 0 aliphatic heterocycles. The van der Waals surface area contributed by atoms with E-state index >= 15 is 0 Å². The van der Waals surface area contributed by atoms with Gasteiger partial charge in [0.15, 0.2) is 0 Å². The first-order valence-electron chi connectivity index (χ1n) is 8.46. The molecule has 0 saturated heterocycles. The molecule has 0 unspecified atom stereocenters. The molecule has 0 spiro atoms. The molecule has 0 bridgehead atoms. The van der Waals surface area contributed by atoms with Gasteiger partial charge in [0.25, 0.3) is 0 Å². The maximum absolute atomic E-state index is 12.2. The summed E-state index contributed by atoms with van der Waals surface area (Å²) < 4.78 is 10.6. The van der Waals surface area contributed by atoms with Crippen LogP contribution in [0.2, 0.25) is 5.02 Å². The number of hydrogen-bond donors (Lipinski definition) is 1. The first-order chi connectivity index (χ1) is 13.0. The lowest BCUT2D eigenvalue weighted by Crippen LogP contribution is -2.34. The summed E-state index contributed by atoms with van der Waals surface area (Å²) in [6.45, 7) is 2.08. The number of amides is 2. The zero-order chi connectivity index (χ0) is 19.8. The van der Waals surface area contributed by atoms with Crippen LogP contribution in [0.4, 0.5) is 5.69 Å². The average molecular weight is 391 g/mol. The van der Waals surface area contributed by atoms with Crippen molar-refractivity contribution < 1.29 is 19.1 Å². The van der Waals surface area contributed by atoms with E-state index in [1.54, 1.807) is 12.1 Å². The molecule has 144 valence electrons. The second-order valence-electron chi connectivity index (χ2n) is 5.84. The van der Waals surface area contributed by atoms with Crippen molar-refractivity contribution >= 4 is 29.1 Å². The fraction of sp³-hybridized carbons (Fsp3) is 0.300. The molecular formula is C20H23ClN2O4. The van der Waals surface area contributed by atoms with Gasteiger partial charge in [0.2, 0.25) is 11.8 Å². The molecule has 0 heterocycles. The summed E-state index contributed by atoms with van der Waals surface area (Å²) in [4.78, 5) is 25.8. The number of ether oxygens (including phenoxy) is 2. The Morgan fingerprint density at radius 2 is 1.74 bits per heavy atom. The summed E-state index contributed by atoms with van der Waals surface area (Å²) in [7, 11) is 2.99. The van der Waals surface area contributed by atoms with E-state index in [0.29, 0.717) is 28.8 Å². The first kappa shape index (κ1) is 20.6. The molecule has 0 aliphatic carbocycles. The molecule has 0 radical (unpaired) electrons. The van der Waals surface area contributed by atoms with Crippen molar-refractivity contribution in [1.29, 1.82) is 0 Å². The molecule has 1 N–H and O–H groups in total. The summed E-state index contributed by atoms with van der Waals surface area (Å²) in [5.74, 6) is 0.492. The molecule has 7 heteroatoms. The van der Waals surface area contributed by atoms with E-state index in [1.165, 1.54) is 26.0 Å². The Morgan fingerprint density at radius 3 is 2.33 bits per heavy atom. The van der Waals surface area contributed by atoms with E-state index in [0.717, 1.165) is 5.56 Å². The second-order valence-corrected chi connectivity index (χ2v) is 6.25. The molecular weight excluding hydrogens is 368 g/mol. The van der Waals surface area contributed by atoms with Gasteiger partial charge in [-0.05, 0) is 5.56 Å². The minimum absolute atomic E-state index is 0.148. The van der Waals surface area contributed by atoms with E-state index in [1.807, 2.05) is 30.3 Å². The predicted octanol–water partition coefficient (Wildman–Crippen LogP) is 3.42. The van der Waals surface area contributed by atoms with E-state index in [9.17, 15) is 9.59 Å². The van der Waals surface area contributed by atoms with Gasteiger partial charge in [0, 0.05) is 38.6 Å². The Bertz CT molecular complexity index is 796. The number of nitrogens with zero attached hydrogens (tertiary/aromatic N) is 1. The number of anilines is 1. The topological polar surface area (TPSA) is 67.9 Å². The highest BCUT2D eigenvalue weighted by Gasteiger charge is 2.20. The number of rotatable bonds is 8. The Balaban J connectivity index is 2.07. The Kier molecular flexibility index (Phi) is 7.49. The van der Waals surface area contributed by atoms with Gasteiger partial charge in [-0.15, -0.1) is 0 Å². The third-order valence-electron chi connectivity index (χ3n) is 4.02. The number of nitrogens with one attached hydrogen (secondary N) is 1. The number of hydrogen-bond acceptors (Lipinski definition) is 4. The lowest BCUT2D eigenvalue weighted by atomic mass is 10.2. The normalized spacial score (nSPS) is 10.2. The number of methoxy groups -OCH3 is 2. The minimum Gasteiger partial charge on any atom is -0.495 e.